The molecular weight excluding hydrogens is 1110 g/mol. The summed E-state index contributed by atoms with van der Waals surface area (Å²) in [5.74, 6) is -0.211. The molecule has 37 heavy (non-hydrogen) atoms. The fourth-order valence-corrected chi connectivity index (χ4v) is 4.54. The third-order valence-corrected chi connectivity index (χ3v) is 7.13. The predicted octanol–water partition coefficient (Wildman–Crippen LogP) is 1.00. The van der Waals surface area contributed by atoms with Gasteiger partial charge in [-0.05, 0) is 25.3 Å². The molecule has 0 radical (unpaired) electrons. The number of carbonyl (C=O) groups excluding carboxylic acids is 1. The number of azide groups is 1. The monoisotopic (exact) mass is 1150 g/mol. The second-order valence-electron chi connectivity index (χ2n) is 7.31. The molecule has 0 saturated carbocycles. The average molecular weight is 1140 g/mol. The Bertz CT molecular complexity index is 870. The van der Waals surface area contributed by atoms with Crippen molar-refractivity contribution in [2.24, 2.45) is 10.8 Å². The molecule has 2 fully saturated rings. The standard InChI is InChI=1S/C6H12N4O3S.C6H14N2O3S.C4H8O2.CH4.2HI.2Re/c1-14(12,13)10-3-2-5(8-9-7)6(11)4-10;1-12(10,11)8-3-2-5(7)6(9)4-8;1-3-6-4(2)5;;;;;/h5-6,11H,2-4H2,1H3;5-6,9H,2-4,7H2,1H3;3H2,1-2H3;1H4;2*1H;;/q;;;;;;2*+1/p-2/t2*5-,6+;;;;;;/m00....../s1. The van der Waals surface area contributed by atoms with E-state index < -0.39 is 38.3 Å². The zero-order valence-corrected chi connectivity index (χ0v) is 31.6. The molecule has 0 bridgehead atoms. The minimum atomic E-state index is -3.26. The number of aliphatic hydroxyl groups is 2. The third-order valence-electron chi connectivity index (χ3n) is 4.59. The van der Waals surface area contributed by atoms with Gasteiger partial charge in [-0.1, -0.05) is 12.5 Å². The zero-order chi connectivity index (χ0) is 29.1. The first-order valence-corrected chi connectivity index (χ1v) is 29.2. The number of rotatable bonds is 4. The summed E-state index contributed by atoms with van der Waals surface area (Å²) in [7, 11) is -6.42. The fraction of sp³-hybridized carbons (Fsp3) is 0.941. The van der Waals surface area contributed by atoms with Gasteiger partial charge in [-0.25, -0.2) is 16.8 Å². The second kappa shape index (κ2) is 25.0. The molecule has 4 N–H and O–H groups in total. The Morgan fingerprint density at radius 2 is 1.46 bits per heavy atom. The quantitative estimate of drug-likeness (QED) is 0.120. The van der Waals surface area contributed by atoms with Crippen molar-refractivity contribution in [2.75, 3.05) is 45.3 Å². The van der Waals surface area contributed by atoms with Crippen molar-refractivity contribution in [1.82, 2.24) is 8.61 Å². The first-order valence-electron chi connectivity index (χ1n) is 10.1. The molecule has 2 saturated heterocycles. The predicted molar refractivity (Wildman–Crippen MR) is 152 cm³/mol. The molecule has 0 spiro atoms. The maximum absolute atomic E-state index is 11.1. The van der Waals surface area contributed by atoms with Crippen molar-refractivity contribution in [3.05, 3.63) is 10.4 Å². The number of ether oxygens (including phenoxy) is 1. The van der Waals surface area contributed by atoms with Crippen LogP contribution in [0, 0.1) is 0 Å². The molecule has 0 unspecified atom stereocenters. The van der Waals surface area contributed by atoms with Crippen molar-refractivity contribution in [1.29, 1.82) is 0 Å². The molecule has 224 valence electrons. The summed E-state index contributed by atoms with van der Waals surface area (Å²) < 4.78 is 51.1. The van der Waals surface area contributed by atoms with Crippen molar-refractivity contribution in [2.45, 2.75) is 58.4 Å². The first-order chi connectivity index (χ1) is 16.6. The third kappa shape index (κ3) is 22.6. The van der Waals surface area contributed by atoms with Gasteiger partial charge in [0.05, 0.1) is 37.4 Å². The maximum atomic E-state index is 11.1. The van der Waals surface area contributed by atoms with Crippen LogP contribution in [0.4, 0.5) is 0 Å². The van der Waals surface area contributed by atoms with Crippen LogP contribution in [-0.4, -0.2) is 111 Å². The first kappa shape index (κ1) is 45.3. The van der Waals surface area contributed by atoms with Gasteiger partial charge in [0.25, 0.3) is 0 Å². The number of hydrogen-bond acceptors (Lipinski definition) is 10. The summed E-state index contributed by atoms with van der Waals surface area (Å²) in [6, 6.07) is -0.805. The van der Waals surface area contributed by atoms with E-state index >= 15 is 0 Å². The van der Waals surface area contributed by atoms with Gasteiger partial charge in [0.2, 0.25) is 20.0 Å². The van der Waals surface area contributed by atoms with Crippen molar-refractivity contribution < 1.29 is 67.8 Å². The molecule has 0 amide bonds. The van der Waals surface area contributed by atoms with Crippen LogP contribution in [-0.2, 0) is 60.8 Å². The van der Waals surface area contributed by atoms with Gasteiger partial charge in [-0.2, -0.15) is 8.61 Å². The number of nitrogens with zero attached hydrogens (tertiary/aromatic N) is 5. The van der Waals surface area contributed by atoms with Crippen LogP contribution in [0.15, 0.2) is 5.11 Å². The summed E-state index contributed by atoms with van der Waals surface area (Å²) >= 11 is 7.80. The number of halogens is 2. The van der Waals surface area contributed by atoms with Crippen LogP contribution in [0.3, 0.4) is 0 Å². The van der Waals surface area contributed by atoms with Crippen molar-refractivity contribution in [3.63, 3.8) is 0 Å². The summed E-state index contributed by atoms with van der Waals surface area (Å²) in [5.41, 5.74) is 13.7. The molecule has 14 nitrogen and oxygen atoms in total. The van der Waals surface area contributed by atoms with E-state index in [1.807, 2.05) is 0 Å². The van der Waals surface area contributed by atoms with E-state index in [0.29, 0.717) is 32.5 Å². The molecule has 2 heterocycles. The molecule has 0 aromatic rings. The zero-order valence-electron chi connectivity index (χ0n) is 20.2. The van der Waals surface area contributed by atoms with E-state index in [2.05, 4.69) is 53.8 Å². The molecule has 20 heteroatoms. The summed E-state index contributed by atoms with van der Waals surface area (Å²) in [4.78, 5) is 12.4. The number of carbonyl (C=O) groups is 1. The normalized spacial score (nSPS) is 23.6. The van der Waals surface area contributed by atoms with Crippen LogP contribution in [0.2, 0.25) is 0 Å². The minimum absolute atomic E-state index is 0. The average Bonchev–Trinajstić information content (AvgIpc) is 2.79. The number of hydrogen-bond donors (Lipinski definition) is 3. The van der Waals surface area contributed by atoms with E-state index in [9.17, 15) is 31.8 Å². The van der Waals surface area contributed by atoms with Crippen LogP contribution >= 0.6 is 39.0 Å². The summed E-state index contributed by atoms with van der Waals surface area (Å²) in [6.45, 7) is 4.49. The van der Waals surface area contributed by atoms with Crippen LogP contribution < -0.4 is 5.73 Å². The Hall–Kier alpha value is 1.26. The van der Waals surface area contributed by atoms with Gasteiger partial charge in [0.15, 0.2) is 0 Å². The Kier molecular flexibility index (Phi) is 30.6. The Labute approximate surface area is 263 Å². The molecule has 0 aliphatic carbocycles. The van der Waals surface area contributed by atoms with Gasteiger partial charge in [0.1, 0.15) is 0 Å². The van der Waals surface area contributed by atoms with E-state index in [4.69, 9.17) is 11.3 Å². The second-order valence-corrected chi connectivity index (χ2v) is 11.3. The van der Waals surface area contributed by atoms with E-state index in [1.54, 1.807) is 38.1 Å². The van der Waals surface area contributed by atoms with Gasteiger partial charge >= 0.3 is 76.2 Å². The number of esters is 1. The number of sulfonamides is 2. The number of β-amino-alcohol motifs (C(OH)–C–C–N with tert-alkyl or cyclic N) is 2. The number of aliphatic hydroxyl groups excluding tert-OH is 2. The molecule has 0 aromatic heterocycles. The fourth-order valence-electron chi connectivity index (χ4n) is 2.82. The van der Waals surface area contributed by atoms with E-state index in [1.165, 1.54) is 15.5 Å². The van der Waals surface area contributed by atoms with Crippen LogP contribution in [0.5, 0.6) is 0 Å². The van der Waals surface area contributed by atoms with Crippen LogP contribution in [0.25, 0.3) is 10.4 Å². The van der Waals surface area contributed by atoms with Gasteiger partial charge < -0.3 is 20.7 Å². The Morgan fingerprint density at radius 1 is 1.05 bits per heavy atom. The Balaban J connectivity index is -0.000000216. The SMILES string of the molecule is C.CCOC(C)=O.CS(=O)(=O)N1CC[C@H](N)[C@H](O)C1.CS(=O)(=O)N1CC[C@H](N=[N+]=[N-])[C@H](O)C1.[I][Re].[I][Re]. The number of nitrogens with two attached hydrogens (primary N) is 1. The van der Waals surface area contributed by atoms with Gasteiger partial charge in [-0.3, -0.25) is 4.79 Å². The van der Waals surface area contributed by atoms with Crippen LogP contribution in [0.1, 0.15) is 34.1 Å². The summed E-state index contributed by atoms with van der Waals surface area (Å²) in [6.07, 6.45) is 1.47. The molecule has 2 aliphatic heterocycles. The molecule has 4 atom stereocenters. The molecular formula is C17H38I2N6O8Re2S2. The van der Waals surface area contributed by atoms with Crippen molar-refractivity contribution >= 4 is 65.0 Å². The summed E-state index contributed by atoms with van der Waals surface area (Å²) in [5, 5.41) is 22.1. The molecule has 2 rings (SSSR count). The van der Waals surface area contributed by atoms with Gasteiger partial charge in [0, 0.05) is 44.1 Å². The number of piperidine rings is 2. The topological polar surface area (TPSA) is 216 Å². The molecule has 2 aliphatic rings. The Morgan fingerprint density at radius 3 is 1.73 bits per heavy atom. The van der Waals surface area contributed by atoms with Crippen molar-refractivity contribution in [3.8, 4) is 0 Å². The van der Waals surface area contributed by atoms with E-state index in [-0.39, 0.29) is 32.5 Å². The molecule has 0 aromatic carbocycles. The van der Waals surface area contributed by atoms with Gasteiger partial charge in [-0.15, -0.1) is 0 Å². The van der Waals surface area contributed by atoms with E-state index in [0.717, 1.165) is 12.5 Å².